The van der Waals surface area contributed by atoms with Gasteiger partial charge in [-0.05, 0) is 37.5 Å². The molecule has 1 rings (SSSR count). The molecule has 0 aliphatic heterocycles. The molecule has 0 aliphatic carbocycles. The fourth-order valence-corrected chi connectivity index (χ4v) is 1.87. The molecular weight excluding hydrogens is 234 g/mol. The van der Waals surface area contributed by atoms with Crippen molar-refractivity contribution in [2.45, 2.75) is 51.9 Å². The molecule has 0 radical (unpaired) electrons. The average Bonchev–Trinajstić information content (AvgIpc) is 2.34. The average molecular weight is 256 g/mol. The molecule has 2 nitrogen and oxygen atoms in total. The van der Waals surface area contributed by atoms with Gasteiger partial charge in [-0.2, -0.15) is 0 Å². The van der Waals surface area contributed by atoms with Gasteiger partial charge in [-0.3, -0.25) is 0 Å². The lowest BCUT2D eigenvalue weighted by atomic mass is 10.0. The highest BCUT2D eigenvalue weighted by Gasteiger charge is 2.21. The van der Waals surface area contributed by atoms with Crippen LogP contribution < -0.4 is 5.73 Å². The van der Waals surface area contributed by atoms with Gasteiger partial charge in [0.2, 0.25) is 0 Å². The lowest BCUT2D eigenvalue weighted by molar-refractivity contribution is -0.0197. The summed E-state index contributed by atoms with van der Waals surface area (Å²) >= 11 is 6.01. The number of nitrogens with two attached hydrogens (primary N) is 1. The Hall–Kier alpha value is -0.570. The van der Waals surface area contributed by atoms with E-state index in [-0.39, 0.29) is 18.2 Å². The van der Waals surface area contributed by atoms with E-state index >= 15 is 0 Å². The highest BCUT2D eigenvalue weighted by Crippen LogP contribution is 2.26. The molecule has 1 aromatic rings. The molecule has 0 spiro atoms. The Morgan fingerprint density at radius 3 is 2.53 bits per heavy atom. The molecule has 3 heteroatoms. The SMILES string of the molecule is CCC(C)OC(c1cccc(Cl)c1)C(N)CC. The highest BCUT2D eigenvalue weighted by molar-refractivity contribution is 6.30. The Kier molecular flexibility index (Phi) is 5.96. The van der Waals surface area contributed by atoms with Gasteiger partial charge in [0.1, 0.15) is 0 Å². The second-order valence-corrected chi connectivity index (χ2v) is 4.84. The first-order chi connectivity index (χ1) is 8.08. The molecule has 3 unspecified atom stereocenters. The largest absolute Gasteiger partial charge is 0.369 e. The zero-order chi connectivity index (χ0) is 12.8. The first kappa shape index (κ1) is 14.5. The summed E-state index contributed by atoms with van der Waals surface area (Å²) in [6.07, 6.45) is 1.99. The highest BCUT2D eigenvalue weighted by atomic mass is 35.5. The molecular formula is C14H22ClNO. The number of hydrogen-bond donors (Lipinski definition) is 1. The number of halogens is 1. The summed E-state index contributed by atoms with van der Waals surface area (Å²) in [7, 11) is 0. The molecule has 3 atom stereocenters. The van der Waals surface area contributed by atoms with Gasteiger partial charge >= 0.3 is 0 Å². The van der Waals surface area contributed by atoms with Crippen molar-refractivity contribution in [1.82, 2.24) is 0 Å². The Morgan fingerprint density at radius 2 is 2.00 bits per heavy atom. The van der Waals surface area contributed by atoms with Crippen LogP contribution in [-0.2, 0) is 4.74 Å². The van der Waals surface area contributed by atoms with Crippen molar-refractivity contribution in [3.05, 3.63) is 34.9 Å². The van der Waals surface area contributed by atoms with Crippen LogP contribution in [0.2, 0.25) is 5.02 Å². The van der Waals surface area contributed by atoms with Crippen LogP contribution in [0.3, 0.4) is 0 Å². The van der Waals surface area contributed by atoms with E-state index in [1.165, 1.54) is 0 Å². The van der Waals surface area contributed by atoms with Gasteiger partial charge in [0.05, 0.1) is 12.2 Å². The first-order valence-corrected chi connectivity index (χ1v) is 6.62. The van der Waals surface area contributed by atoms with Crippen molar-refractivity contribution in [3.63, 3.8) is 0 Å². The minimum atomic E-state index is -0.0753. The van der Waals surface area contributed by atoms with Crippen molar-refractivity contribution < 1.29 is 4.74 Å². The molecule has 0 amide bonds. The van der Waals surface area contributed by atoms with Crippen LogP contribution in [0.1, 0.15) is 45.3 Å². The molecule has 0 aromatic heterocycles. The van der Waals surface area contributed by atoms with E-state index in [4.69, 9.17) is 22.1 Å². The Bertz CT molecular complexity index is 343. The third kappa shape index (κ3) is 4.30. The Balaban J connectivity index is 2.89. The van der Waals surface area contributed by atoms with Crippen LogP contribution in [0.25, 0.3) is 0 Å². The van der Waals surface area contributed by atoms with Gasteiger partial charge in [-0.1, -0.05) is 37.6 Å². The van der Waals surface area contributed by atoms with E-state index in [1.807, 2.05) is 24.3 Å². The van der Waals surface area contributed by atoms with Gasteiger partial charge in [0.25, 0.3) is 0 Å². The third-order valence-corrected chi connectivity index (χ3v) is 3.23. The first-order valence-electron chi connectivity index (χ1n) is 6.25. The molecule has 0 saturated carbocycles. The van der Waals surface area contributed by atoms with Crippen molar-refractivity contribution in [2.75, 3.05) is 0 Å². The summed E-state index contributed by atoms with van der Waals surface area (Å²) in [5, 5.41) is 0.726. The van der Waals surface area contributed by atoms with Crippen molar-refractivity contribution in [1.29, 1.82) is 0 Å². The normalized spacial score (nSPS) is 16.5. The predicted octanol–water partition coefficient (Wildman–Crippen LogP) is 3.93. The second-order valence-electron chi connectivity index (χ2n) is 4.40. The summed E-state index contributed by atoms with van der Waals surface area (Å²) in [4.78, 5) is 0. The molecule has 0 aliphatic rings. The van der Waals surface area contributed by atoms with Gasteiger partial charge in [0, 0.05) is 11.1 Å². The van der Waals surface area contributed by atoms with Gasteiger partial charge in [-0.25, -0.2) is 0 Å². The molecule has 0 heterocycles. The maximum Gasteiger partial charge on any atom is 0.0979 e. The molecule has 0 saturated heterocycles. The fourth-order valence-electron chi connectivity index (χ4n) is 1.67. The van der Waals surface area contributed by atoms with Crippen LogP contribution in [0.15, 0.2) is 24.3 Å². The molecule has 0 fully saturated rings. The summed E-state index contributed by atoms with van der Waals surface area (Å²) in [6, 6.07) is 7.76. The maximum atomic E-state index is 6.13. The van der Waals surface area contributed by atoms with Crippen LogP contribution in [0.5, 0.6) is 0 Å². The summed E-state index contributed by atoms with van der Waals surface area (Å²) in [5.74, 6) is 0. The number of ether oxygens (including phenoxy) is 1. The second kappa shape index (κ2) is 7.00. The van der Waals surface area contributed by atoms with Crippen molar-refractivity contribution in [3.8, 4) is 0 Å². The lowest BCUT2D eigenvalue weighted by Crippen LogP contribution is -2.31. The zero-order valence-electron chi connectivity index (χ0n) is 10.8. The van der Waals surface area contributed by atoms with E-state index in [2.05, 4.69) is 20.8 Å². The van der Waals surface area contributed by atoms with Crippen LogP contribution in [0.4, 0.5) is 0 Å². The Morgan fingerprint density at radius 1 is 1.29 bits per heavy atom. The van der Waals surface area contributed by atoms with Gasteiger partial charge in [0.15, 0.2) is 0 Å². The fraction of sp³-hybridized carbons (Fsp3) is 0.571. The van der Waals surface area contributed by atoms with E-state index in [1.54, 1.807) is 0 Å². The minimum absolute atomic E-state index is 0.00228. The van der Waals surface area contributed by atoms with Crippen LogP contribution in [0, 0.1) is 0 Å². The standard InChI is InChI=1S/C14H22ClNO/c1-4-10(3)17-14(13(16)5-2)11-7-6-8-12(15)9-11/h6-10,13-14H,4-5,16H2,1-3H3. The van der Waals surface area contributed by atoms with Gasteiger partial charge in [-0.15, -0.1) is 0 Å². The summed E-state index contributed by atoms with van der Waals surface area (Å²) in [5.41, 5.74) is 7.20. The number of hydrogen-bond acceptors (Lipinski definition) is 2. The van der Waals surface area contributed by atoms with E-state index < -0.39 is 0 Å². The number of benzene rings is 1. The molecule has 0 bridgehead atoms. The quantitative estimate of drug-likeness (QED) is 0.836. The maximum absolute atomic E-state index is 6.13. The molecule has 17 heavy (non-hydrogen) atoms. The number of rotatable bonds is 6. The summed E-state index contributed by atoms with van der Waals surface area (Å²) in [6.45, 7) is 6.25. The smallest absolute Gasteiger partial charge is 0.0979 e. The summed E-state index contributed by atoms with van der Waals surface area (Å²) < 4.78 is 6.01. The molecule has 2 N–H and O–H groups in total. The monoisotopic (exact) mass is 255 g/mol. The molecule has 1 aromatic carbocycles. The van der Waals surface area contributed by atoms with E-state index in [0.717, 1.165) is 23.4 Å². The topological polar surface area (TPSA) is 35.2 Å². The zero-order valence-corrected chi connectivity index (χ0v) is 11.6. The van der Waals surface area contributed by atoms with Crippen LogP contribution in [-0.4, -0.2) is 12.1 Å². The lowest BCUT2D eigenvalue weighted by Gasteiger charge is -2.27. The van der Waals surface area contributed by atoms with Crippen molar-refractivity contribution >= 4 is 11.6 Å². The molecule has 96 valence electrons. The third-order valence-electron chi connectivity index (χ3n) is 2.99. The van der Waals surface area contributed by atoms with Crippen LogP contribution >= 0.6 is 11.6 Å². The van der Waals surface area contributed by atoms with E-state index in [0.29, 0.717) is 0 Å². The van der Waals surface area contributed by atoms with Crippen molar-refractivity contribution in [2.24, 2.45) is 5.73 Å². The Labute approximate surface area is 109 Å². The van der Waals surface area contributed by atoms with Gasteiger partial charge < -0.3 is 10.5 Å². The predicted molar refractivity (Wildman–Crippen MR) is 73.3 cm³/mol. The van der Waals surface area contributed by atoms with E-state index in [9.17, 15) is 0 Å². The minimum Gasteiger partial charge on any atom is -0.369 e.